The van der Waals surface area contributed by atoms with E-state index in [1.54, 1.807) is 36.4 Å². The molecule has 2 aromatic carbocycles. The van der Waals surface area contributed by atoms with Gasteiger partial charge in [-0.3, -0.25) is 9.59 Å². The summed E-state index contributed by atoms with van der Waals surface area (Å²) < 4.78 is 13.6. The third-order valence-electron chi connectivity index (χ3n) is 3.00. The first-order valence-corrected chi connectivity index (χ1v) is 6.40. The van der Waals surface area contributed by atoms with Crippen LogP contribution < -0.4 is 5.32 Å². The zero-order valence-electron chi connectivity index (χ0n) is 11.1. The molecular weight excluding hydrogens is 273 g/mol. The molecule has 5 heteroatoms. The van der Waals surface area contributed by atoms with E-state index in [9.17, 15) is 14.0 Å². The third-order valence-corrected chi connectivity index (χ3v) is 3.00. The molecule has 2 rings (SSSR count). The van der Waals surface area contributed by atoms with Crippen LogP contribution in [0.25, 0.3) is 0 Å². The highest BCUT2D eigenvalue weighted by molar-refractivity contribution is 5.94. The molecule has 4 nitrogen and oxygen atoms in total. The lowest BCUT2D eigenvalue weighted by Gasteiger charge is -2.17. The molecule has 0 aromatic heterocycles. The van der Waals surface area contributed by atoms with Gasteiger partial charge in [-0.05, 0) is 17.7 Å². The molecule has 2 N–H and O–H groups in total. The largest absolute Gasteiger partial charge is 0.481 e. The zero-order chi connectivity index (χ0) is 15.2. The van der Waals surface area contributed by atoms with E-state index in [2.05, 4.69) is 5.32 Å². The number of benzene rings is 2. The van der Waals surface area contributed by atoms with E-state index in [1.807, 2.05) is 0 Å². The number of amides is 1. The van der Waals surface area contributed by atoms with Crippen molar-refractivity contribution >= 4 is 11.9 Å². The van der Waals surface area contributed by atoms with Crippen molar-refractivity contribution in [2.24, 2.45) is 0 Å². The average molecular weight is 287 g/mol. The van der Waals surface area contributed by atoms with Gasteiger partial charge in [-0.1, -0.05) is 42.5 Å². The summed E-state index contributed by atoms with van der Waals surface area (Å²) in [5, 5.41) is 11.5. The number of hydrogen-bond donors (Lipinski definition) is 2. The van der Waals surface area contributed by atoms with Gasteiger partial charge in [-0.15, -0.1) is 0 Å². The van der Waals surface area contributed by atoms with Crippen molar-refractivity contribution in [1.82, 2.24) is 5.32 Å². The van der Waals surface area contributed by atoms with Gasteiger partial charge in [-0.2, -0.15) is 0 Å². The highest BCUT2D eigenvalue weighted by Crippen LogP contribution is 2.18. The van der Waals surface area contributed by atoms with Crippen molar-refractivity contribution in [2.45, 2.75) is 12.5 Å². The van der Waals surface area contributed by atoms with Gasteiger partial charge < -0.3 is 10.4 Å². The quantitative estimate of drug-likeness (QED) is 0.888. The first-order valence-electron chi connectivity index (χ1n) is 6.40. The summed E-state index contributed by atoms with van der Waals surface area (Å²) >= 11 is 0. The smallest absolute Gasteiger partial charge is 0.305 e. The number of carbonyl (C=O) groups excluding carboxylic acids is 1. The van der Waals surface area contributed by atoms with Gasteiger partial charge in [0.15, 0.2) is 0 Å². The van der Waals surface area contributed by atoms with Crippen LogP contribution in [0.4, 0.5) is 4.39 Å². The molecule has 2 aromatic rings. The van der Waals surface area contributed by atoms with E-state index in [4.69, 9.17) is 5.11 Å². The summed E-state index contributed by atoms with van der Waals surface area (Å²) in [6.07, 6.45) is -0.274. The summed E-state index contributed by atoms with van der Waals surface area (Å²) in [4.78, 5) is 23.0. The molecule has 0 saturated heterocycles. The lowest BCUT2D eigenvalue weighted by molar-refractivity contribution is -0.137. The average Bonchev–Trinajstić information content (AvgIpc) is 2.47. The maximum absolute atomic E-state index is 13.6. The zero-order valence-corrected chi connectivity index (χ0v) is 11.1. The summed E-state index contributed by atoms with van der Waals surface area (Å²) in [6.45, 7) is 0. The van der Waals surface area contributed by atoms with Crippen LogP contribution in [0.15, 0.2) is 54.6 Å². The molecule has 0 bridgehead atoms. The predicted octanol–water partition coefficient (Wildman–Crippen LogP) is 2.77. The van der Waals surface area contributed by atoms with Gasteiger partial charge in [0, 0.05) is 0 Å². The van der Waals surface area contributed by atoms with Crippen molar-refractivity contribution in [3.8, 4) is 0 Å². The number of carbonyl (C=O) groups is 2. The van der Waals surface area contributed by atoms with Gasteiger partial charge in [0.05, 0.1) is 18.0 Å². The highest BCUT2D eigenvalue weighted by atomic mass is 19.1. The van der Waals surface area contributed by atoms with Gasteiger partial charge >= 0.3 is 5.97 Å². The molecule has 0 radical (unpaired) electrons. The van der Waals surface area contributed by atoms with Crippen LogP contribution in [0.3, 0.4) is 0 Å². The molecular formula is C16H14FNO3. The molecule has 0 aliphatic carbocycles. The first kappa shape index (κ1) is 14.7. The lowest BCUT2D eigenvalue weighted by Crippen LogP contribution is -2.30. The highest BCUT2D eigenvalue weighted by Gasteiger charge is 2.20. The monoisotopic (exact) mass is 287 g/mol. The molecule has 0 unspecified atom stereocenters. The van der Waals surface area contributed by atoms with Crippen molar-refractivity contribution in [1.29, 1.82) is 0 Å². The normalized spacial score (nSPS) is 11.7. The molecule has 21 heavy (non-hydrogen) atoms. The minimum absolute atomic E-state index is 0.108. The second kappa shape index (κ2) is 6.65. The summed E-state index contributed by atoms with van der Waals surface area (Å²) in [6, 6.07) is 13.6. The molecule has 0 fully saturated rings. The maximum Gasteiger partial charge on any atom is 0.305 e. The standard InChI is InChI=1S/C16H14FNO3/c17-13-9-5-4-8-12(13)16(21)18-14(10-15(19)20)11-6-2-1-3-7-11/h1-9,14H,10H2,(H,18,21)(H,19,20)/t14-/m1/s1. The molecule has 0 heterocycles. The topological polar surface area (TPSA) is 66.4 Å². The lowest BCUT2D eigenvalue weighted by atomic mass is 10.0. The van der Waals surface area contributed by atoms with E-state index >= 15 is 0 Å². The van der Waals surface area contributed by atoms with Gasteiger partial charge in [-0.25, -0.2) is 4.39 Å². The Morgan fingerprint density at radius 1 is 1.05 bits per heavy atom. The van der Waals surface area contributed by atoms with Gasteiger partial charge in [0.25, 0.3) is 5.91 Å². The predicted molar refractivity (Wildman–Crippen MR) is 75.3 cm³/mol. The Labute approximate surface area is 121 Å². The Morgan fingerprint density at radius 3 is 2.29 bits per heavy atom. The summed E-state index contributed by atoms with van der Waals surface area (Å²) in [7, 11) is 0. The number of hydrogen-bond acceptors (Lipinski definition) is 2. The van der Waals surface area contributed by atoms with E-state index in [0.717, 1.165) is 0 Å². The molecule has 0 aliphatic rings. The Kier molecular flexibility index (Phi) is 4.66. The van der Waals surface area contributed by atoms with E-state index < -0.39 is 23.7 Å². The van der Waals surface area contributed by atoms with Gasteiger partial charge in [0.1, 0.15) is 5.82 Å². The molecule has 1 atom stereocenters. The number of rotatable bonds is 5. The van der Waals surface area contributed by atoms with E-state index in [1.165, 1.54) is 18.2 Å². The second-order valence-corrected chi connectivity index (χ2v) is 4.51. The van der Waals surface area contributed by atoms with Crippen molar-refractivity contribution < 1.29 is 19.1 Å². The van der Waals surface area contributed by atoms with Crippen molar-refractivity contribution in [2.75, 3.05) is 0 Å². The van der Waals surface area contributed by atoms with Crippen LogP contribution >= 0.6 is 0 Å². The summed E-state index contributed by atoms with van der Waals surface area (Å²) in [5.41, 5.74) is 0.549. The van der Waals surface area contributed by atoms with Crippen LogP contribution in [0.1, 0.15) is 28.4 Å². The maximum atomic E-state index is 13.6. The third kappa shape index (κ3) is 3.89. The molecule has 1 amide bonds. The molecule has 0 aliphatic heterocycles. The van der Waals surface area contributed by atoms with Crippen LogP contribution in [0.5, 0.6) is 0 Å². The van der Waals surface area contributed by atoms with Crippen LogP contribution in [0, 0.1) is 5.82 Å². The Hall–Kier alpha value is -2.69. The number of aliphatic carboxylic acids is 1. The van der Waals surface area contributed by atoms with Crippen molar-refractivity contribution in [3.05, 3.63) is 71.5 Å². The number of carboxylic acid groups (broad SMARTS) is 1. The Bertz CT molecular complexity index is 643. The minimum atomic E-state index is -1.04. The van der Waals surface area contributed by atoms with E-state index in [-0.39, 0.29) is 12.0 Å². The fraction of sp³-hybridized carbons (Fsp3) is 0.125. The van der Waals surface area contributed by atoms with E-state index in [0.29, 0.717) is 5.56 Å². The fourth-order valence-electron chi connectivity index (χ4n) is 1.99. The molecule has 0 spiro atoms. The number of carboxylic acids is 1. The molecule has 0 saturated carbocycles. The fourth-order valence-corrected chi connectivity index (χ4v) is 1.99. The summed E-state index contributed by atoms with van der Waals surface area (Å²) in [5.74, 6) is -2.32. The number of nitrogens with one attached hydrogen (secondary N) is 1. The van der Waals surface area contributed by atoms with Crippen molar-refractivity contribution in [3.63, 3.8) is 0 Å². The van der Waals surface area contributed by atoms with Crippen LogP contribution in [0.2, 0.25) is 0 Å². The second-order valence-electron chi connectivity index (χ2n) is 4.51. The van der Waals surface area contributed by atoms with Gasteiger partial charge in [0.2, 0.25) is 0 Å². The minimum Gasteiger partial charge on any atom is -0.481 e. The molecule has 108 valence electrons. The SMILES string of the molecule is O=C(O)C[C@@H](NC(=O)c1ccccc1F)c1ccccc1. The van der Waals surface area contributed by atoms with Crippen LogP contribution in [-0.4, -0.2) is 17.0 Å². The Balaban J connectivity index is 2.21. The number of halogens is 1. The first-order chi connectivity index (χ1) is 10.1. The van der Waals surface area contributed by atoms with Crippen LogP contribution in [-0.2, 0) is 4.79 Å². The Morgan fingerprint density at radius 2 is 1.67 bits per heavy atom.